The highest BCUT2D eigenvalue weighted by atomic mass is 19.1. The maximum absolute atomic E-state index is 13.3. The van der Waals surface area contributed by atoms with Gasteiger partial charge in [0.25, 0.3) is 0 Å². The van der Waals surface area contributed by atoms with Gasteiger partial charge in [0.05, 0.1) is 0 Å². The van der Waals surface area contributed by atoms with Gasteiger partial charge < -0.3 is 0 Å². The Morgan fingerprint density at radius 1 is 0.684 bits per heavy atom. The fraction of sp³-hybridized carbons (Fsp3) is 0.647. The Kier molecular flexibility index (Phi) is 3.86. The van der Waals surface area contributed by atoms with Crippen molar-refractivity contribution in [3.63, 3.8) is 0 Å². The van der Waals surface area contributed by atoms with E-state index in [0.717, 1.165) is 36.3 Å². The van der Waals surface area contributed by atoms with Crippen molar-refractivity contribution in [2.75, 3.05) is 0 Å². The van der Waals surface area contributed by atoms with Crippen molar-refractivity contribution in [1.82, 2.24) is 0 Å². The molecule has 2 heteroatoms. The van der Waals surface area contributed by atoms with Gasteiger partial charge in [0.15, 0.2) is 0 Å². The Labute approximate surface area is 114 Å². The van der Waals surface area contributed by atoms with Gasteiger partial charge in [-0.25, -0.2) is 8.78 Å². The monoisotopic (exact) mass is 264 g/mol. The molecule has 0 unspecified atom stereocenters. The molecule has 0 saturated heterocycles. The van der Waals surface area contributed by atoms with Crippen molar-refractivity contribution in [2.24, 2.45) is 11.8 Å². The Morgan fingerprint density at radius 2 is 1.21 bits per heavy atom. The molecule has 0 atom stereocenters. The second-order valence-corrected chi connectivity index (χ2v) is 6.36. The molecule has 0 N–H and O–H groups in total. The van der Waals surface area contributed by atoms with Gasteiger partial charge >= 0.3 is 0 Å². The summed E-state index contributed by atoms with van der Waals surface area (Å²) in [5.74, 6) is 1.30. The Hall–Kier alpha value is -0.920. The first-order valence-corrected chi connectivity index (χ1v) is 7.68. The Bertz CT molecular complexity index is 407. The summed E-state index contributed by atoms with van der Waals surface area (Å²) in [6.45, 7) is 0. The predicted molar refractivity (Wildman–Crippen MR) is 73.0 cm³/mol. The first-order valence-electron chi connectivity index (χ1n) is 7.68. The molecule has 0 bridgehead atoms. The van der Waals surface area contributed by atoms with E-state index >= 15 is 0 Å². The van der Waals surface area contributed by atoms with Crippen LogP contribution in [0.3, 0.4) is 0 Å². The van der Waals surface area contributed by atoms with Crippen molar-refractivity contribution >= 4 is 0 Å². The maximum atomic E-state index is 13.3. The molecule has 0 spiro atoms. The van der Waals surface area contributed by atoms with Crippen LogP contribution in [0.25, 0.3) is 0 Å². The largest absolute Gasteiger partial charge is 0.207 e. The van der Waals surface area contributed by atoms with E-state index in [4.69, 9.17) is 0 Å². The predicted octanol–water partition coefficient (Wildman–Crippen LogP) is 5.43. The standard InChI is InChI=1S/C17H22F2/c18-16-9-15(10-17(19)11-16)14-7-5-13(6-8-14)12-3-1-2-4-12/h9-14H,1-8H2. The number of hydrogen-bond acceptors (Lipinski definition) is 0. The topological polar surface area (TPSA) is 0 Å². The molecule has 0 aromatic heterocycles. The third kappa shape index (κ3) is 2.98. The van der Waals surface area contributed by atoms with Crippen LogP contribution in [0.2, 0.25) is 0 Å². The van der Waals surface area contributed by atoms with Crippen LogP contribution in [0.15, 0.2) is 18.2 Å². The molecule has 2 fully saturated rings. The van der Waals surface area contributed by atoms with Crippen LogP contribution in [0, 0.1) is 23.5 Å². The van der Waals surface area contributed by atoms with Gasteiger partial charge in [-0.2, -0.15) is 0 Å². The number of halogens is 2. The van der Waals surface area contributed by atoms with Crippen LogP contribution in [-0.4, -0.2) is 0 Å². The minimum absolute atomic E-state index is 0.364. The van der Waals surface area contributed by atoms with E-state index < -0.39 is 11.6 Å². The molecule has 2 saturated carbocycles. The van der Waals surface area contributed by atoms with Crippen LogP contribution in [0.1, 0.15) is 62.8 Å². The van der Waals surface area contributed by atoms with Gasteiger partial charge in [-0.05, 0) is 61.1 Å². The van der Waals surface area contributed by atoms with Crippen LogP contribution < -0.4 is 0 Å². The average Bonchev–Trinajstić information content (AvgIpc) is 2.91. The van der Waals surface area contributed by atoms with Crippen LogP contribution in [-0.2, 0) is 0 Å². The summed E-state index contributed by atoms with van der Waals surface area (Å²) in [5, 5.41) is 0. The Morgan fingerprint density at radius 3 is 1.79 bits per heavy atom. The lowest BCUT2D eigenvalue weighted by Crippen LogP contribution is -2.19. The lowest BCUT2D eigenvalue weighted by Gasteiger charge is -2.32. The highest BCUT2D eigenvalue weighted by molar-refractivity contribution is 5.22. The number of rotatable bonds is 2. The lowest BCUT2D eigenvalue weighted by atomic mass is 9.73. The minimum Gasteiger partial charge on any atom is -0.207 e. The summed E-state index contributed by atoms with van der Waals surface area (Å²) in [4.78, 5) is 0. The fourth-order valence-electron chi connectivity index (χ4n) is 4.16. The number of benzene rings is 1. The smallest absolute Gasteiger partial charge is 0.126 e. The van der Waals surface area contributed by atoms with E-state index in [1.165, 1.54) is 50.7 Å². The molecule has 3 rings (SSSR count). The van der Waals surface area contributed by atoms with Gasteiger partial charge in [0.2, 0.25) is 0 Å². The molecule has 19 heavy (non-hydrogen) atoms. The summed E-state index contributed by atoms with van der Waals surface area (Å²) in [6, 6.07) is 4.00. The van der Waals surface area contributed by atoms with Gasteiger partial charge in [-0.3, -0.25) is 0 Å². The van der Waals surface area contributed by atoms with Crippen molar-refractivity contribution < 1.29 is 8.78 Å². The maximum Gasteiger partial charge on any atom is 0.126 e. The summed E-state index contributed by atoms with van der Waals surface area (Å²) in [6.07, 6.45) is 10.3. The third-order valence-electron chi connectivity index (χ3n) is 5.19. The van der Waals surface area contributed by atoms with Crippen molar-refractivity contribution in [1.29, 1.82) is 0 Å². The quantitative estimate of drug-likeness (QED) is 0.668. The zero-order chi connectivity index (χ0) is 13.2. The van der Waals surface area contributed by atoms with Crippen molar-refractivity contribution in [3.05, 3.63) is 35.4 Å². The second-order valence-electron chi connectivity index (χ2n) is 6.36. The summed E-state index contributed by atoms with van der Waals surface area (Å²) in [5.41, 5.74) is 0.863. The lowest BCUT2D eigenvalue weighted by molar-refractivity contribution is 0.235. The van der Waals surface area contributed by atoms with E-state index in [-0.39, 0.29) is 0 Å². The summed E-state index contributed by atoms with van der Waals surface area (Å²) < 4.78 is 26.5. The minimum atomic E-state index is -0.437. The van der Waals surface area contributed by atoms with Gasteiger partial charge in [0.1, 0.15) is 11.6 Å². The van der Waals surface area contributed by atoms with Gasteiger partial charge in [-0.15, -0.1) is 0 Å². The molecular formula is C17H22F2. The van der Waals surface area contributed by atoms with E-state index in [0.29, 0.717) is 5.92 Å². The average molecular weight is 264 g/mol. The molecule has 104 valence electrons. The van der Waals surface area contributed by atoms with Gasteiger partial charge in [0, 0.05) is 6.07 Å². The molecule has 2 aliphatic rings. The third-order valence-corrected chi connectivity index (χ3v) is 5.19. The van der Waals surface area contributed by atoms with Crippen LogP contribution in [0.5, 0.6) is 0 Å². The van der Waals surface area contributed by atoms with Crippen LogP contribution >= 0.6 is 0 Å². The molecule has 1 aromatic rings. The second kappa shape index (κ2) is 5.60. The highest BCUT2D eigenvalue weighted by Crippen LogP contribution is 2.43. The van der Waals surface area contributed by atoms with Crippen molar-refractivity contribution in [3.8, 4) is 0 Å². The first kappa shape index (κ1) is 13.1. The SMILES string of the molecule is Fc1cc(F)cc(C2CCC(C3CCCC3)CC2)c1. The highest BCUT2D eigenvalue weighted by Gasteiger charge is 2.30. The van der Waals surface area contributed by atoms with E-state index in [2.05, 4.69) is 0 Å². The molecule has 0 amide bonds. The van der Waals surface area contributed by atoms with Crippen molar-refractivity contribution in [2.45, 2.75) is 57.3 Å². The zero-order valence-corrected chi connectivity index (χ0v) is 11.4. The molecule has 0 aliphatic heterocycles. The Balaban J connectivity index is 1.63. The first-order chi connectivity index (χ1) is 9.22. The summed E-state index contributed by atoms with van der Waals surface area (Å²) in [7, 11) is 0. The van der Waals surface area contributed by atoms with Gasteiger partial charge in [-0.1, -0.05) is 25.7 Å². The molecular weight excluding hydrogens is 242 g/mol. The molecule has 0 heterocycles. The molecule has 0 nitrogen and oxygen atoms in total. The molecule has 2 aliphatic carbocycles. The molecule has 0 radical (unpaired) electrons. The van der Waals surface area contributed by atoms with E-state index in [1.807, 2.05) is 0 Å². The number of hydrogen-bond donors (Lipinski definition) is 0. The normalized spacial score (nSPS) is 28.7. The zero-order valence-electron chi connectivity index (χ0n) is 11.4. The molecule has 1 aromatic carbocycles. The fourth-order valence-corrected chi connectivity index (χ4v) is 4.16. The van der Waals surface area contributed by atoms with E-state index in [9.17, 15) is 8.78 Å². The van der Waals surface area contributed by atoms with Crippen LogP contribution in [0.4, 0.5) is 8.78 Å². The summed E-state index contributed by atoms with van der Waals surface area (Å²) >= 11 is 0. The van der Waals surface area contributed by atoms with E-state index in [1.54, 1.807) is 0 Å².